The molecule has 0 saturated carbocycles. The third-order valence-corrected chi connectivity index (χ3v) is 4.24. The van der Waals surface area contributed by atoms with Crippen molar-refractivity contribution >= 4 is 17.8 Å². The molecule has 1 saturated heterocycles. The lowest BCUT2D eigenvalue weighted by Crippen LogP contribution is -2.46. The Hall–Kier alpha value is -2.58. The minimum absolute atomic E-state index is 0.00288. The molecule has 2 unspecified atom stereocenters. The highest BCUT2D eigenvalue weighted by molar-refractivity contribution is 5.91. The van der Waals surface area contributed by atoms with Gasteiger partial charge in [-0.3, -0.25) is 9.59 Å². The minimum atomic E-state index is -4.55. The summed E-state index contributed by atoms with van der Waals surface area (Å²) in [7, 11) is 0. The average molecular weight is 372 g/mol. The Bertz CT molecular complexity index is 678. The second-order valence-electron chi connectivity index (χ2n) is 6.26. The van der Waals surface area contributed by atoms with E-state index in [0.29, 0.717) is 10.5 Å². The van der Waals surface area contributed by atoms with Gasteiger partial charge in [0.1, 0.15) is 12.6 Å². The lowest BCUT2D eigenvalue weighted by molar-refractivity contribution is -0.157. The SMILES string of the molecule is CC(C(=O)O)N(Cc1ccccc1)C(=O)C1CC(=O)N(CC(F)(F)F)C1. The van der Waals surface area contributed by atoms with E-state index >= 15 is 0 Å². The van der Waals surface area contributed by atoms with Crippen LogP contribution in [0.5, 0.6) is 0 Å². The number of hydrogen-bond donors (Lipinski definition) is 1. The van der Waals surface area contributed by atoms with Gasteiger partial charge in [-0.15, -0.1) is 0 Å². The summed E-state index contributed by atoms with van der Waals surface area (Å²) < 4.78 is 37.6. The van der Waals surface area contributed by atoms with Crippen LogP contribution in [0.1, 0.15) is 18.9 Å². The van der Waals surface area contributed by atoms with Crippen molar-refractivity contribution in [1.82, 2.24) is 9.80 Å². The molecule has 0 bridgehead atoms. The minimum Gasteiger partial charge on any atom is -0.480 e. The Kier molecular flexibility index (Phi) is 5.89. The monoisotopic (exact) mass is 372 g/mol. The highest BCUT2D eigenvalue weighted by Crippen LogP contribution is 2.26. The molecule has 9 heteroatoms. The van der Waals surface area contributed by atoms with E-state index in [0.717, 1.165) is 4.90 Å². The zero-order chi connectivity index (χ0) is 19.5. The van der Waals surface area contributed by atoms with Crippen LogP contribution in [0.25, 0.3) is 0 Å². The Morgan fingerprint density at radius 2 is 1.92 bits per heavy atom. The maximum Gasteiger partial charge on any atom is 0.406 e. The van der Waals surface area contributed by atoms with Crippen molar-refractivity contribution in [2.24, 2.45) is 5.92 Å². The molecule has 1 N–H and O–H groups in total. The maximum absolute atomic E-state index is 12.8. The van der Waals surface area contributed by atoms with Gasteiger partial charge in [0, 0.05) is 19.5 Å². The van der Waals surface area contributed by atoms with Gasteiger partial charge in [0.15, 0.2) is 0 Å². The van der Waals surface area contributed by atoms with E-state index < -0.39 is 42.5 Å². The fourth-order valence-electron chi connectivity index (χ4n) is 2.86. The van der Waals surface area contributed by atoms with Crippen molar-refractivity contribution in [3.05, 3.63) is 35.9 Å². The van der Waals surface area contributed by atoms with Gasteiger partial charge in [0.05, 0.1) is 5.92 Å². The molecule has 0 aliphatic carbocycles. The number of nitrogens with zero attached hydrogens (tertiary/aromatic N) is 2. The third kappa shape index (κ3) is 4.96. The van der Waals surface area contributed by atoms with Crippen molar-refractivity contribution < 1.29 is 32.7 Å². The topological polar surface area (TPSA) is 77.9 Å². The molecule has 2 atom stereocenters. The van der Waals surface area contributed by atoms with Gasteiger partial charge in [-0.05, 0) is 12.5 Å². The second-order valence-corrected chi connectivity index (χ2v) is 6.26. The number of aliphatic carboxylic acids is 1. The van der Waals surface area contributed by atoms with E-state index in [1.807, 2.05) is 0 Å². The highest BCUT2D eigenvalue weighted by atomic mass is 19.4. The maximum atomic E-state index is 12.8. The molecule has 142 valence electrons. The standard InChI is InChI=1S/C17H19F3N2O4/c1-11(16(25)26)22(8-12-5-3-2-4-6-12)15(24)13-7-14(23)21(9-13)10-17(18,19)20/h2-6,11,13H,7-10H2,1H3,(H,25,26). The molecule has 26 heavy (non-hydrogen) atoms. The second kappa shape index (κ2) is 7.76. The predicted molar refractivity (Wildman–Crippen MR) is 84.8 cm³/mol. The highest BCUT2D eigenvalue weighted by Gasteiger charge is 2.42. The Morgan fingerprint density at radius 3 is 2.46 bits per heavy atom. The lowest BCUT2D eigenvalue weighted by Gasteiger charge is -2.29. The molecule has 2 amide bonds. The van der Waals surface area contributed by atoms with E-state index in [-0.39, 0.29) is 19.5 Å². The quantitative estimate of drug-likeness (QED) is 0.827. The van der Waals surface area contributed by atoms with Crippen LogP contribution in [0.4, 0.5) is 13.2 Å². The van der Waals surface area contributed by atoms with Crippen molar-refractivity contribution in [3.63, 3.8) is 0 Å². The molecule has 1 aromatic carbocycles. The largest absolute Gasteiger partial charge is 0.480 e. The van der Waals surface area contributed by atoms with E-state index in [1.165, 1.54) is 6.92 Å². The van der Waals surface area contributed by atoms with Crippen LogP contribution in [0.3, 0.4) is 0 Å². The number of carbonyl (C=O) groups is 3. The molecule has 1 aromatic rings. The summed E-state index contributed by atoms with van der Waals surface area (Å²) in [5.74, 6) is -3.62. The number of hydrogen-bond acceptors (Lipinski definition) is 3. The van der Waals surface area contributed by atoms with Gasteiger partial charge >= 0.3 is 12.1 Å². The van der Waals surface area contributed by atoms with Crippen molar-refractivity contribution in [2.75, 3.05) is 13.1 Å². The third-order valence-electron chi connectivity index (χ3n) is 4.24. The van der Waals surface area contributed by atoms with Crippen molar-refractivity contribution in [2.45, 2.75) is 32.1 Å². The zero-order valence-corrected chi connectivity index (χ0v) is 14.1. The van der Waals surface area contributed by atoms with Gasteiger partial charge in [-0.2, -0.15) is 13.2 Å². The van der Waals surface area contributed by atoms with Gasteiger partial charge < -0.3 is 14.9 Å². The van der Waals surface area contributed by atoms with Crippen LogP contribution < -0.4 is 0 Å². The first-order valence-corrected chi connectivity index (χ1v) is 8.00. The van der Waals surface area contributed by atoms with Gasteiger partial charge in [0.2, 0.25) is 11.8 Å². The smallest absolute Gasteiger partial charge is 0.406 e. The summed E-state index contributed by atoms with van der Waals surface area (Å²) in [4.78, 5) is 37.6. The van der Waals surface area contributed by atoms with Crippen LogP contribution in [0, 0.1) is 5.92 Å². The van der Waals surface area contributed by atoms with Crippen LogP contribution in [0.15, 0.2) is 30.3 Å². The summed E-state index contributed by atoms with van der Waals surface area (Å²) in [6.07, 6.45) is -4.90. The first-order valence-electron chi connectivity index (χ1n) is 8.00. The Morgan fingerprint density at radius 1 is 1.31 bits per heavy atom. The number of amides is 2. The summed E-state index contributed by atoms with van der Waals surface area (Å²) in [5, 5.41) is 9.26. The number of carboxylic acids is 1. The number of benzene rings is 1. The van der Waals surface area contributed by atoms with Gasteiger partial charge in [-0.25, -0.2) is 4.79 Å². The molecule has 2 rings (SSSR count). The molecule has 1 heterocycles. The first kappa shape index (κ1) is 19.7. The number of carboxylic acid groups (broad SMARTS) is 1. The van der Waals surface area contributed by atoms with Gasteiger partial charge in [-0.1, -0.05) is 30.3 Å². The van der Waals surface area contributed by atoms with E-state index in [4.69, 9.17) is 0 Å². The molecule has 0 spiro atoms. The summed E-state index contributed by atoms with van der Waals surface area (Å²) in [5.41, 5.74) is 0.686. The lowest BCUT2D eigenvalue weighted by atomic mass is 10.0. The predicted octanol–water partition coefficient (Wildman–Crippen LogP) is 1.90. The van der Waals surface area contributed by atoms with Gasteiger partial charge in [0.25, 0.3) is 0 Å². The van der Waals surface area contributed by atoms with E-state index in [1.54, 1.807) is 30.3 Å². The number of rotatable bonds is 6. The molecule has 6 nitrogen and oxygen atoms in total. The fraction of sp³-hybridized carbons (Fsp3) is 0.471. The van der Waals surface area contributed by atoms with Crippen LogP contribution >= 0.6 is 0 Å². The van der Waals surface area contributed by atoms with E-state index in [2.05, 4.69) is 0 Å². The summed E-state index contributed by atoms with van der Waals surface area (Å²) in [6.45, 7) is -0.456. The van der Waals surface area contributed by atoms with Crippen molar-refractivity contribution in [3.8, 4) is 0 Å². The number of likely N-dealkylation sites (tertiary alicyclic amines) is 1. The Labute approximate surface area is 148 Å². The fourth-order valence-corrected chi connectivity index (χ4v) is 2.86. The number of alkyl halides is 3. The molecular weight excluding hydrogens is 353 g/mol. The zero-order valence-electron chi connectivity index (χ0n) is 14.1. The molecule has 1 aliphatic rings. The molecule has 0 radical (unpaired) electrons. The summed E-state index contributed by atoms with van der Waals surface area (Å²) >= 11 is 0. The molecular formula is C17H19F3N2O4. The normalized spacial score (nSPS) is 18.7. The molecule has 0 aromatic heterocycles. The summed E-state index contributed by atoms with van der Waals surface area (Å²) in [6, 6.07) is 7.48. The number of halogens is 3. The van der Waals surface area contributed by atoms with E-state index in [9.17, 15) is 32.7 Å². The van der Waals surface area contributed by atoms with Crippen LogP contribution in [-0.2, 0) is 20.9 Å². The van der Waals surface area contributed by atoms with Crippen molar-refractivity contribution in [1.29, 1.82) is 0 Å². The molecule has 1 fully saturated rings. The van der Waals surface area contributed by atoms with Crippen LogP contribution in [0.2, 0.25) is 0 Å². The average Bonchev–Trinajstić information content (AvgIpc) is 2.91. The Balaban J connectivity index is 2.16. The first-order chi connectivity index (χ1) is 12.1. The number of carbonyl (C=O) groups excluding carboxylic acids is 2. The molecule has 1 aliphatic heterocycles. The van der Waals surface area contributed by atoms with Crippen LogP contribution in [-0.4, -0.2) is 58.0 Å².